The largest absolute Gasteiger partial charge is 0.481 e. The number of thiol groups is 1. The first-order chi connectivity index (χ1) is 15.9. The molecule has 14 nitrogen and oxygen atoms in total. The van der Waals surface area contributed by atoms with Crippen LogP contribution in [-0.2, 0) is 24.0 Å². The second kappa shape index (κ2) is 16.8. The highest BCUT2D eigenvalue weighted by Crippen LogP contribution is 2.06. The summed E-state index contributed by atoms with van der Waals surface area (Å²) in [4.78, 5) is 63.8. The smallest absolute Gasteiger partial charge is 0.326 e. The molecule has 194 valence electrons. The molecule has 0 heterocycles. The van der Waals surface area contributed by atoms with Gasteiger partial charge >= 0.3 is 11.9 Å². The van der Waals surface area contributed by atoms with Crippen LogP contribution >= 0.6 is 24.4 Å². The van der Waals surface area contributed by atoms with Gasteiger partial charge in [0.1, 0.15) is 18.1 Å². The summed E-state index contributed by atoms with van der Waals surface area (Å²) in [5.41, 5.74) is 16.2. The number of thioether (sulfide) groups is 1. The molecule has 11 N–H and O–H groups in total. The summed E-state index contributed by atoms with van der Waals surface area (Å²) in [5.74, 6) is -4.79. The summed E-state index contributed by atoms with van der Waals surface area (Å²) in [6.07, 6.45) is 1.43. The van der Waals surface area contributed by atoms with Gasteiger partial charge in [-0.2, -0.15) is 24.4 Å². The van der Waals surface area contributed by atoms with Crippen LogP contribution < -0.4 is 33.2 Å². The molecule has 0 rings (SSSR count). The number of nitrogens with two attached hydrogens (primary N) is 3. The van der Waals surface area contributed by atoms with Crippen molar-refractivity contribution in [3.05, 3.63) is 0 Å². The van der Waals surface area contributed by atoms with E-state index >= 15 is 0 Å². The lowest BCUT2D eigenvalue weighted by atomic mass is 10.1. The highest BCUT2D eigenvalue weighted by atomic mass is 32.2. The molecule has 0 aliphatic rings. The fourth-order valence-corrected chi connectivity index (χ4v) is 3.20. The summed E-state index contributed by atoms with van der Waals surface area (Å²) >= 11 is 5.39. The maximum atomic E-state index is 12.9. The van der Waals surface area contributed by atoms with Gasteiger partial charge in [0.25, 0.3) is 0 Å². The lowest BCUT2D eigenvalue weighted by Crippen LogP contribution is -2.57. The average molecular weight is 524 g/mol. The molecule has 4 atom stereocenters. The Kier molecular flexibility index (Phi) is 15.5. The highest BCUT2D eigenvalue weighted by Gasteiger charge is 2.30. The number of carbonyl (C=O) groups is 5. The average Bonchev–Trinajstić information content (AvgIpc) is 2.76. The van der Waals surface area contributed by atoms with Gasteiger partial charge in [-0.1, -0.05) is 0 Å². The minimum atomic E-state index is -1.71. The van der Waals surface area contributed by atoms with Crippen molar-refractivity contribution in [1.29, 1.82) is 0 Å². The van der Waals surface area contributed by atoms with Gasteiger partial charge in [0.2, 0.25) is 17.7 Å². The number of hydrogen-bond donors (Lipinski definition) is 9. The first-order valence-corrected chi connectivity index (χ1v) is 12.2. The van der Waals surface area contributed by atoms with E-state index in [1.807, 2.05) is 6.26 Å². The maximum absolute atomic E-state index is 12.9. The normalized spacial score (nSPS) is 14.1. The van der Waals surface area contributed by atoms with Crippen LogP contribution in [0.15, 0.2) is 4.99 Å². The Labute approximate surface area is 206 Å². The summed E-state index contributed by atoms with van der Waals surface area (Å²) in [6.45, 7) is 0.128. The van der Waals surface area contributed by atoms with Gasteiger partial charge in [-0.25, -0.2) is 4.79 Å². The van der Waals surface area contributed by atoms with Crippen molar-refractivity contribution in [3.8, 4) is 0 Å². The van der Waals surface area contributed by atoms with E-state index < -0.39 is 60.2 Å². The summed E-state index contributed by atoms with van der Waals surface area (Å²) in [5, 5.41) is 25.2. The molecule has 3 amide bonds. The van der Waals surface area contributed by atoms with Crippen molar-refractivity contribution in [2.24, 2.45) is 22.2 Å². The van der Waals surface area contributed by atoms with Gasteiger partial charge in [0.05, 0.1) is 12.5 Å². The van der Waals surface area contributed by atoms with Crippen LogP contribution in [0, 0.1) is 0 Å². The van der Waals surface area contributed by atoms with Gasteiger partial charge in [-0.3, -0.25) is 24.2 Å². The number of aliphatic carboxylic acids is 2. The molecular formula is C18H33N7O7S2. The quantitative estimate of drug-likeness (QED) is 0.0403. The number of nitrogens with zero attached hydrogens (tertiary/aromatic N) is 1. The molecule has 4 unspecified atom stereocenters. The van der Waals surface area contributed by atoms with Gasteiger partial charge in [0, 0.05) is 12.3 Å². The molecule has 0 aliphatic heterocycles. The van der Waals surface area contributed by atoms with Crippen molar-refractivity contribution in [2.75, 3.05) is 24.3 Å². The Morgan fingerprint density at radius 3 is 1.94 bits per heavy atom. The Hall–Kier alpha value is -2.72. The van der Waals surface area contributed by atoms with Crippen molar-refractivity contribution in [1.82, 2.24) is 16.0 Å². The molecule has 34 heavy (non-hydrogen) atoms. The van der Waals surface area contributed by atoms with Gasteiger partial charge in [0.15, 0.2) is 5.96 Å². The molecule has 0 aromatic heterocycles. The number of nitrogens with one attached hydrogen (secondary N) is 3. The van der Waals surface area contributed by atoms with Crippen LogP contribution in [-0.4, -0.2) is 94.3 Å². The van der Waals surface area contributed by atoms with Crippen molar-refractivity contribution < 1.29 is 34.2 Å². The van der Waals surface area contributed by atoms with Crippen LogP contribution in [0.1, 0.15) is 25.7 Å². The molecular weight excluding hydrogens is 490 g/mol. The minimum absolute atomic E-state index is 0.00706. The van der Waals surface area contributed by atoms with E-state index in [-0.39, 0.29) is 37.5 Å². The van der Waals surface area contributed by atoms with E-state index in [9.17, 15) is 29.1 Å². The monoisotopic (exact) mass is 523 g/mol. The SMILES string of the molecule is CSCCC(NC(=O)C(N)CS)C(=O)NC(CCCN=C(N)N)C(=O)NC(CC(=O)O)C(=O)O. The molecule has 0 aromatic rings. The third-order valence-electron chi connectivity index (χ3n) is 4.35. The third kappa shape index (κ3) is 13.1. The first-order valence-electron chi connectivity index (χ1n) is 10.2. The number of carboxylic acids is 2. The van der Waals surface area contributed by atoms with Crippen LogP contribution in [0.2, 0.25) is 0 Å². The number of guanidine groups is 1. The number of hydrogen-bond acceptors (Lipinski definition) is 9. The topological polar surface area (TPSA) is 252 Å². The lowest BCUT2D eigenvalue weighted by molar-refractivity contribution is -0.147. The fraction of sp³-hybridized carbons (Fsp3) is 0.667. The molecule has 0 bridgehead atoms. The van der Waals surface area contributed by atoms with Crippen LogP contribution in [0.3, 0.4) is 0 Å². The predicted molar refractivity (Wildman–Crippen MR) is 130 cm³/mol. The summed E-state index contributed by atoms with van der Waals surface area (Å²) in [7, 11) is 0. The van der Waals surface area contributed by atoms with Gasteiger partial charge in [-0.05, 0) is 31.3 Å². The minimum Gasteiger partial charge on any atom is -0.481 e. The van der Waals surface area contributed by atoms with E-state index in [4.69, 9.17) is 22.3 Å². The molecule has 0 aliphatic carbocycles. The summed E-state index contributed by atoms with van der Waals surface area (Å²) < 4.78 is 0. The zero-order valence-corrected chi connectivity index (χ0v) is 20.4. The maximum Gasteiger partial charge on any atom is 0.326 e. The molecule has 0 aromatic carbocycles. The molecule has 0 fully saturated rings. The summed E-state index contributed by atoms with van der Waals surface area (Å²) in [6, 6.07) is -4.92. The van der Waals surface area contributed by atoms with Gasteiger partial charge in [-0.15, -0.1) is 0 Å². The van der Waals surface area contributed by atoms with Crippen molar-refractivity contribution in [3.63, 3.8) is 0 Å². The van der Waals surface area contributed by atoms with Crippen molar-refractivity contribution >= 4 is 60.0 Å². The molecule has 0 radical (unpaired) electrons. The third-order valence-corrected chi connectivity index (χ3v) is 5.39. The van der Waals surface area contributed by atoms with Crippen LogP contribution in [0.5, 0.6) is 0 Å². The van der Waals surface area contributed by atoms with Crippen molar-refractivity contribution in [2.45, 2.75) is 49.9 Å². The Morgan fingerprint density at radius 1 is 0.941 bits per heavy atom. The lowest BCUT2D eigenvalue weighted by Gasteiger charge is -2.25. The number of rotatable bonds is 17. The Balaban J connectivity index is 5.56. The van der Waals surface area contributed by atoms with E-state index in [1.165, 1.54) is 11.8 Å². The number of carboxylic acid groups (broad SMARTS) is 2. The second-order valence-electron chi connectivity index (χ2n) is 7.14. The molecule has 0 saturated heterocycles. The van der Waals surface area contributed by atoms with E-state index in [2.05, 4.69) is 33.6 Å². The predicted octanol–water partition coefficient (Wildman–Crippen LogP) is -2.94. The zero-order chi connectivity index (χ0) is 26.3. The second-order valence-corrected chi connectivity index (χ2v) is 8.49. The van der Waals surface area contributed by atoms with Crippen LogP contribution in [0.25, 0.3) is 0 Å². The Morgan fingerprint density at radius 2 is 1.47 bits per heavy atom. The molecule has 0 saturated carbocycles. The first kappa shape index (κ1) is 31.3. The molecule has 0 spiro atoms. The zero-order valence-electron chi connectivity index (χ0n) is 18.7. The number of aliphatic imine (C=N–C) groups is 1. The van der Waals surface area contributed by atoms with Crippen LogP contribution in [0.4, 0.5) is 0 Å². The van der Waals surface area contributed by atoms with E-state index in [1.54, 1.807) is 0 Å². The number of amides is 3. The molecule has 16 heteroatoms. The van der Waals surface area contributed by atoms with Gasteiger partial charge < -0.3 is 43.4 Å². The van der Waals surface area contributed by atoms with E-state index in [0.717, 1.165) is 0 Å². The highest BCUT2D eigenvalue weighted by molar-refractivity contribution is 7.98. The fourth-order valence-electron chi connectivity index (χ4n) is 2.56. The number of carbonyl (C=O) groups excluding carboxylic acids is 3. The van der Waals surface area contributed by atoms with E-state index in [0.29, 0.717) is 5.75 Å². The standard InChI is InChI=1S/C18H33N7O7S2/c1-34-6-4-11(23-14(28)9(19)8-33)16(30)24-10(3-2-5-22-18(20)21)15(29)25-12(17(31)32)7-13(26)27/h9-12,33H,2-8,19H2,1H3,(H,23,28)(H,24,30)(H,25,29)(H,26,27)(H,31,32)(H4,20,21,22). The Bertz CT molecular complexity index is 750.